The van der Waals surface area contributed by atoms with E-state index in [1.165, 1.54) is 12.1 Å². The molecule has 0 aliphatic carbocycles. The van der Waals surface area contributed by atoms with E-state index in [-0.39, 0.29) is 10.0 Å². The molecular weight excluding hydrogens is 334 g/mol. The Morgan fingerprint density at radius 2 is 2.11 bits per heavy atom. The molecule has 1 aromatic rings. The number of halogens is 5. The molecular formula is C11H10BrF4NO2. The normalized spacial score (nSPS) is 13.2. The molecule has 0 aromatic heterocycles. The first-order chi connectivity index (χ1) is 8.74. The molecule has 0 saturated carbocycles. The highest BCUT2D eigenvalue weighted by molar-refractivity contribution is 9.10. The predicted molar refractivity (Wildman–Crippen MR) is 62.9 cm³/mol. The lowest BCUT2D eigenvalue weighted by Gasteiger charge is -2.18. The van der Waals surface area contributed by atoms with Gasteiger partial charge >= 0.3 is 12.1 Å². The Balaban J connectivity index is 2.96. The summed E-state index contributed by atoms with van der Waals surface area (Å²) in [6.07, 6.45) is -4.47. The minimum absolute atomic E-state index is 0.0488. The van der Waals surface area contributed by atoms with Crippen molar-refractivity contribution in [2.45, 2.75) is 12.2 Å². The molecule has 1 aromatic carbocycles. The maximum Gasteiger partial charge on any atom is 0.401 e. The van der Waals surface area contributed by atoms with Crippen LogP contribution in [0.5, 0.6) is 0 Å². The molecule has 0 aliphatic rings. The first-order valence-electron chi connectivity index (χ1n) is 5.07. The zero-order valence-electron chi connectivity index (χ0n) is 9.72. The fourth-order valence-electron chi connectivity index (χ4n) is 1.36. The third-order valence-corrected chi connectivity index (χ3v) is 2.83. The van der Waals surface area contributed by atoms with Crippen molar-refractivity contribution in [3.8, 4) is 0 Å². The molecule has 0 radical (unpaired) electrons. The van der Waals surface area contributed by atoms with E-state index in [0.29, 0.717) is 0 Å². The summed E-state index contributed by atoms with van der Waals surface area (Å²) in [6.45, 7) is -1.36. The number of alkyl halides is 3. The molecule has 1 unspecified atom stereocenters. The van der Waals surface area contributed by atoms with Crippen LogP contribution in [-0.4, -0.2) is 25.8 Å². The van der Waals surface area contributed by atoms with Crippen molar-refractivity contribution in [3.63, 3.8) is 0 Å². The number of ether oxygens (including phenoxy) is 1. The van der Waals surface area contributed by atoms with E-state index in [9.17, 15) is 22.4 Å². The summed E-state index contributed by atoms with van der Waals surface area (Å²) in [5, 5.41) is 2.03. The Morgan fingerprint density at radius 3 is 2.58 bits per heavy atom. The number of methoxy groups -OCH3 is 1. The Morgan fingerprint density at radius 1 is 1.47 bits per heavy atom. The number of esters is 1. The van der Waals surface area contributed by atoms with Gasteiger partial charge in [0.2, 0.25) is 0 Å². The summed E-state index contributed by atoms with van der Waals surface area (Å²) in [4.78, 5) is 11.5. The Bertz CT molecular complexity index is 464. The van der Waals surface area contributed by atoms with Gasteiger partial charge in [0, 0.05) is 0 Å². The number of hydrogen-bond donors (Lipinski definition) is 1. The molecule has 0 aliphatic heterocycles. The van der Waals surface area contributed by atoms with Gasteiger partial charge in [-0.25, -0.2) is 9.18 Å². The molecule has 19 heavy (non-hydrogen) atoms. The number of hydrogen-bond acceptors (Lipinski definition) is 3. The second-order valence-corrected chi connectivity index (χ2v) is 4.48. The molecule has 1 rings (SSSR count). The van der Waals surface area contributed by atoms with E-state index >= 15 is 0 Å². The van der Waals surface area contributed by atoms with Crippen molar-refractivity contribution in [3.05, 3.63) is 34.1 Å². The third kappa shape index (κ3) is 4.79. The van der Waals surface area contributed by atoms with Crippen LogP contribution in [0.2, 0.25) is 0 Å². The summed E-state index contributed by atoms with van der Waals surface area (Å²) in [5.74, 6) is -1.47. The van der Waals surface area contributed by atoms with Crippen molar-refractivity contribution in [1.82, 2.24) is 5.32 Å². The van der Waals surface area contributed by atoms with Gasteiger partial charge in [-0.2, -0.15) is 13.2 Å². The summed E-state index contributed by atoms with van der Waals surface area (Å²) < 4.78 is 54.0. The minimum atomic E-state index is -4.47. The van der Waals surface area contributed by atoms with Gasteiger partial charge in [-0.05, 0) is 33.6 Å². The summed E-state index contributed by atoms with van der Waals surface area (Å²) in [6, 6.07) is 2.17. The Kier molecular flexibility index (Phi) is 5.30. The largest absolute Gasteiger partial charge is 0.468 e. The molecule has 0 heterocycles. The maximum absolute atomic E-state index is 13.1. The van der Waals surface area contributed by atoms with Crippen LogP contribution in [0.3, 0.4) is 0 Å². The number of benzene rings is 1. The Labute approximate surface area is 115 Å². The van der Waals surface area contributed by atoms with Gasteiger partial charge < -0.3 is 4.74 Å². The van der Waals surface area contributed by atoms with Crippen molar-refractivity contribution in [2.75, 3.05) is 13.7 Å². The second kappa shape index (κ2) is 6.33. The van der Waals surface area contributed by atoms with Crippen LogP contribution in [0, 0.1) is 5.82 Å². The molecule has 1 N–H and O–H groups in total. The number of rotatable bonds is 4. The number of carbonyl (C=O) groups is 1. The van der Waals surface area contributed by atoms with Crippen LogP contribution in [0.4, 0.5) is 17.6 Å². The minimum Gasteiger partial charge on any atom is -0.468 e. The first kappa shape index (κ1) is 15.9. The fraction of sp³-hybridized carbons (Fsp3) is 0.364. The quantitative estimate of drug-likeness (QED) is 0.674. The molecule has 3 nitrogen and oxygen atoms in total. The first-order valence-corrected chi connectivity index (χ1v) is 5.87. The molecule has 8 heteroatoms. The monoisotopic (exact) mass is 343 g/mol. The second-order valence-electron chi connectivity index (χ2n) is 3.63. The lowest BCUT2D eigenvalue weighted by atomic mass is 10.1. The molecule has 106 valence electrons. The predicted octanol–water partition coefficient (Wildman–Crippen LogP) is 2.95. The number of carbonyl (C=O) groups excluding carboxylic acids is 1. The molecule has 0 bridgehead atoms. The third-order valence-electron chi connectivity index (χ3n) is 2.22. The lowest BCUT2D eigenvalue weighted by Crippen LogP contribution is -2.36. The highest BCUT2D eigenvalue weighted by Crippen LogP contribution is 2.23. The molecule has 0 fully saturated rings. The zero-order valence-corrected chi connectivity index (χ0v) is 11.3. The average molecular weight is 344 g/mol. The van der Waals surface area contributed by atoms with Crippen molar-refractivity contribution >= 4 is 21.9 Å². The summed E-state index contributed by atoms with van der Waals surface area (Å²) >= 11 is 2.90. The van der Waals surface area contributed by atoms with Crippen molar-refractivity contribution in [1.29, 1.82) is 0 Å². The van der Waals surface area contributed by atoms with E-state index < -0.39 is 30.5 Å². The van der Waals surface area contributed by atoms with Crippen LogP contribution in [-0.2, 0) is 9.53 Å². The van der Waals surface area contributed by atoms with E-state index in [0.717, 1.165) is 13.2 Å². The van der Waals surface area contributed by atoms with Gasteiger partial charge in [-0.3, -0.25) is 5.32 Å². The van der Waals surface area contributed by atoms with Gasteiger partial charge in [-0.1, -0.05) is 6.07 Å². The van der Waals surface area contributed by atoms with E-state index in [4.69, 9.17) is 0 Å². The molecule has 0 spiro atoms. The van der Waals surface area contributed by atoms with Gasteiger partial charge in [0.15, 0.2) is 0 Å². The van der Waals surface area contributed by atoms with Crippen LogP contribution >= 0.6 is 15.9 Å². The fourth-order valence-corrected chi connectivity index (χ4v) is 1.76. The van der Waals surface area contributed by atoms with E-state index in [2.05, 4.69) is 20.7 Å². The van der Waals surface area contributed by atoms with Gasteiger partial charge in [0.25, 0.3) is 0 Å². The smallest absolute Gasteiger partial charge is 0.401 e. The van der Waals surface area contributed by atoms with E-state index in [1.807, 2.05) is 5.32 Å². The Hall–Kier alpha value is -1.15. The van der Waals surface area contributed by atoms with Gasteiger partial charge in [0.05, 0.1) is 18.1 Å². The lowest BCUT2D eigenvalue weighted by molar-refractivity contribution is -0.146. The van der Waals surface area contributed by atoms with Gasteiger partial charge in [-0.15, -0.1) is 0 Å². The zero-order chi connectivity index (χ0) is 14.6. The van der Waals surface area contributed by atoms with Crippen LogP contribution in [0.15, 0.2) is 22.7 Å². The summed E-state index contributed by atoms with van der Waals surface area (Å²) in [5.41, 5.74) is 0.171. The molecule has 0 saturated heterocycles. The van der Waals surface area contributed by atoms with Crippen LogP contribution in [0.1, 0.15) is 11.6 Å². The molecule has 0 amide bonds. The maximum atomic E-state index is 13.1. The van der Waals surface area contributed by atoms with Crippen molar-refractivity contribution < 1.29 is 27.1 Å². The molecule has 1 atom stereocenters. The average Bonchev–Trinajstić information content (AvgIpc) is 2.32. The highest BCUT2D eigenvalue weighted by Gasteiger charge is 2.31. The van der Waals surface area contributed by atoms with Gasteiger partial charge in [0.1, 0.15) is 11.9 Å². The van der Waals surface area contributed by atoms with Crippen LogP contribution < -0.4 is 5.32 Å². The topological polar surface area (TPSA) is 38.3 Å². The standard InChI is InChI=1S/C11H10BrF4NO2/c1-19-10(18)9(17-5-11(14,15)16)6-2-3-8(13)7(12)4-6/h2-4,9,17H,5H2,1H3. The highest BCUT2D eigenvalue weighted by atomic mass is 79.9. The van der Waals surface area contributed by atoms with E-state index in [1.54, 1.807) is 0 Å². The van der Waals surface area contributed by atoms with Crippen LogP contribution in [0.25, 0.3) is 0 Å². The SMILES string of the molecule is COC(=O)C(NCC(F)(F)F)c1ccc(F)c(Br)c1. The number of nitrogens with one attached hydrogen (secondary N) is 1. The summed E-state index contributed by atoms with van der Waals surface area (Å²) in [7, 11) is 1.06. The van der Waals surface area contributed by atoms with Crippen molar-refractivity contribution in [2.24, 2.45) is 0 Å².